The van der Waals surface area contributed by atoms with E-state index in [1.54, 1.807) is 0 Å². The normalized spacial score (nSPS) is 12.9. The van der Waals surface area contributed by atoms with E-state index >= 15 is 0 Å². The number of nitrogens with one attached hydrogen (secondary N) is 1. The summed E-state index contributed by atoms with van der Waals surface area (Å²) in [5, 5.41) is 3.52. The fraction of sp³-hybridized carbons (Fsp3) is 0.280. The number of carbonyl (C=O) groups excluding carboxylic acids is 1. The Morgan fingerprint density at radius 2 is 1.82 bits per heavy atom. The first-order chi connectivity index (χ1) is 15.8. The van der Waals surface area contributed by atoms with Gasteiger partial charge in [-0.05, 0) is 53.8 Å². The Labute approximate surface area is 196 Å². The topological polar surface area (TPSA) is 77.2 Å². The highest BCUT2D eigenvalue weighted by Crippen LogP contribution is 2.14. The second-order valence-corrected chi connectivity index (χ2v) is 8.15. The summed E-state index contributed by atoms with van der Waals surface area (Å²) in [5.41, 5.74) is 9.24. The van der Waals surface area contributed by atoms with Crippen LogP contribution in [0.4, 0.5) is 8.78 Å². The number of hydrogen-bond acceptors (Lipinski definition) is 5. The van der Waals surface area contributed by atoms with Crippen LogP contribution in [0.25, 0.3) is 0 Å². The maximum Gasteiger partial charge on any atom is 0.340 e. The van der Waals surface area contributed by atoms with Gasteiger partial charge >= 0.3 is 5.97 Å². The fourth-order valence-corrected chi connectivity index (χ4v) is 3.55. The summed E-state index contributed by atoms with van der Waals surface area (Å²) in [5.74, 6) is -1.99. The van der Waals surface area contributed by atoms with Gasteiger partial charge in [-0.2, -0.15) is 0 Å². The van der Waals surface area contributed by atoms with E-state index in [1.165, 1.54) is 36.0 Å². The molecule has 0 aliphatic heterocycles. The molecule has 0 aliphatic carbocycles. The molecule has 0 aliphatic rings. The minimum atomic E-state index is -0.756. The third kappa shape index (κ3) is 7.60. The lowest BCUT2D eigenvalue weighted by molar-refractivity contribution is 0.0237. The van der Waals surface area contributed by atoms with E-state index in [0.717, 1.165) is 18.1 Å². The third-order valence-corrected chi connectivity index (χ3v) is 5.39. The van der Waals surface area contributed by atoms with Crippen molar-refractivity contribution in [1.82, 2.24) is 10.3 Å². The number of aromatic nitrogens is 1. The van der Waals surface area contributed by atoms with Crippen LogP contribution in [0, 0.1) is 11.6 Å². The molecule has 3 N–H and O–H groups in total. The predicted octanol–water partition coefficient (Wildman–Crippen LogP) is 4.46. The number of rotatable bonds is 10. The molecule has 0 saturated heterocycles. The number of halogens is 3. The van der Waals surface area contributed by atoms with Crippen molar-refractivity contribution in [2.45, 2.75) is 38.5 Å². The molecule has 2 aromatic carbocycles. The minimum absolute atomic E-state index is 0.124. The molecule has 3 aromatic rings. The second kappa shape index (κ2) is 11.8. The molecule has 0 saturated carbocycles. The highest BCUT2D eigenvalue weighted by atomic mass is 35.5. The first-order valence-corrected chi connectivity index (χ1v) is 11.0. The van der Waals surface area contributed by atoms with Gasteiger partial charge in [-0.15, -0.1) is 0 Å². The average Bonchev–Trinajstić information content (AvgIpc) is 2.78. The Morgan fingerprint density at radius 3 is 2.48 bits per heavy atom. The summed E-state index contributed by atoms with van der Waals surface area (Å²) in [6.45, 7) is 2.88. The number of esters is 1. The molecule has 3 rings (SSSR count). The molecule has 8 heteroatoms. The van der Waals surface area contributed by atoms with E-state index in [-0.39, 0.29) is 23.7 Å². The number of nitrogens with two attached hydrogens (primary N) is 1. The van der Waals surface area contributed by atoms with E-state index in [4.69, 9.17) is 22.1 Å². The summed E-state index contributed by atoms with van der Waals surface area (Å²) in [6, 6.07) is 13.7. The van der Waals surface area contributed by atoms with Gasteiger partial charge in [-0.25, -0.2) is 18.6 Å². The number of hydrogen-bond donors (Lipinski definition) is 2. The Hall–Kier alpha value is -2.87. The number of benzene rings is 2. The highest BCUT2D eigenvalue weighted by molar-refractivity contribution is 6.29. The Kier molecular flexibility index (Phi) is 8.88. The lowest BCUT2D eigenvalue weighted by Crippen LogP contribution is -2.46. The summed E-state index contributed by atoms with van der Waals surface area (Å²) in [6.07, 6.45) is 1.61. The van der Waals surface area contributed by atoms with Crippen molar-refractivity contribution >= 4 is 17.6 Å². The van der Waals surface area contributed by atoms with Crippen molar-refractivity contribution < 1.29 is 18.3 Å². The van der Waals surface area contributed by atoms with Crippen LogP contribution in [0.1, 0.15) is 34.0 Å². The standard InChI is InChI=1S/C25H26ClF2N3O2/c1-2-16-4-3-5-17(8-16)13-30-15-23(33-25(32)19-6-7-24(26)31-14-19)22(29)11-18-9-20(27)12-21(28)10-18/h3-10,12,14,22-23,30H,2,11,13,15,29H2,1H3/t22-,23+/m0/s1. The molecule has 0 bridgehead atoms. The largest absolute Gasteiger partial charge is 0.456 e. The van der Waals surface area contributed by atoms with Crippen LogP contribution >= 0.6 is 11.6 Å². The van der Waals surface area contributed by atoms with Crippen molar-refractivity contribution in [3.05, 3.63) is 99.8 Å². The summed E-state index contributed by atoms with van der Waals surface area (Å²) >= 11 is 5.78. The number of ether oxygens (including phenoxy) is 1. The predicted molar refractivity (Wildman–Crippen MR) is 124 cm³/mol. The van der Waals surface area contributed by atoms with Crippen molar-refractivity contribution in [3.8, 4) is 0 Å². The fourth-order valence-electron chi connectivity index (χ4n) is 3.43. The third-order valence-electron chi connectivity index (χ3n) is 5.17. The second-order valence-electron chi connectivity index (χ2n) is 7.76. The summed E-state index contributed by atoms with van der Waals surface area (Å²) in [7, 11) is 0. The van der Waals surface area contributed by atoms with Crippen LogP contribution in [-0.2, 0) is 24.1 Å². The van der Waals surface area contributed by atoms with Crippen LogP contribution < -0.4 is 11.1 Å². The molecule has 1 heterocycles. The summed E-state index contributed by atoms with van der Waals surface area (Å²) in [4.78, 5) is 16.5. The number of aryl methyl sites for hydroxylation is 1. The van der Waals surface area contributed by atoms with Crippen LogP contribution in [0.5, 0.6) is 0 Å². The lowest BCUT2D eigenvalue weighted by atomic mass is 10.0. The van der Waals surface area contributed by atoms with Gasteiger partial charge in [0.2, 0.25) is 0 Å². The maximum absolute atomic E-state index is 13.6. The van der Waals surface area contributed by atoms with E-state index in [2.05, 4.69) is 29.4 Å². The van der Waals surface area contributed by atoms with E-state index in [9.17, 15) is 13.6 Å². The zero-order chi connectivity index (χ0) is 23.8. The van der Waals surface area contributed by atoms with Gasteiger partial charge in [0, 0.05) is 31.4 Å². The van der Waals surface area contributed by atoms with Gasteiger partial charge in [-0.1, -0.05) is 42.8 Å². The minimum Gasteiger partial charge on any atom is -0.456 e. The molecule has 0 unspecified atom stereocenters. The van der Waals surface area contributed by atoms with Crippen molar-refractivity contribution in [2.75, 3.05) is 6.54 Å². The highest BCUT2D eigenvalue weighted by Gasteiger charge is 2.24. The quantitative estimate of drug-likeness (QED) is 0.336. The van der Waals surface area contributed by atoms with Crippen molar-refractivity contribution in [3.63, 3.8) is 0 Å². The smallest absolute Gasteiger partial charge is 0.340 e. The van der Waals surface area contributed by atoms with E-state index in [0.29, 0.717) is 12.1 Å². The molecule has 33 heavy (non-hydrogen) atoms. The molecular weight excluding hydrogens is 448 g/mol. The molecule has 174 valence electrons. The van der Waals surface area contributed by atoms with Gasteiger partial charge in [0.1, 0.15) is 22.9 Å². The Balaban J connectivity index is 1.70. The molecular formula is C25H26ClF2N3O2. The van der Waals surface area contributed by atoms with Gasteiger partial charge in [0.25, 0.3) is 0 Å². The monoisotopic (exact) mass is 473 g/mol. The molecule has 0 amide bonds. The van der Waals surface area contributed by atoms with E-state index < -0.39 is 29.7 Å². The first kappa shape index (κ1) is 24.8. The van der Waals surface area contributed by atoms with Crippen LogP contribution in [-0.4, -0.2) is 29.6 Å². The number of pyridine rings is 1. The zero-order valence-corrected chi connectivity index (χ0v) is 19.0. The van der Waals surface area contributed by atoms with Crippen molar-refractivity contribution in [1.29, 1.82) is 0 Å². The first-order valence-electron chi connectivity index (χ1n) is 10.7. The number of carbonyl (C=O) groups is 1. The molecule has 5 nitrogen and oxygen atoms in total. The Morgan fingerprint density at radius 1 is 1.09 bits per heavy atom. The Bertz CT molecular complexity index is 1060. The lowest BCUT2D eigenvalue weighted by Gasteiger charge is -2.25. The van der Waals surface area contributed by atoms with Gasteiger partial charge in [0.05, 0.1) is 5.56 Å². The van der Waals surface area contributed by atoms with Gasteiger partial charge in [-0.3, -0.25) is 0 Å². The van der Waals surface area contributed by atoms with Gasteiger partial charge < -0.3 is 15.8 Å². The SMILES string of the molecule is CCc1cccc(CNC[C@@H](OC(=O)c2ccc(Cl)nc2)[C@@H](N)Cc2cc(F)cc(F)c2)c1. The van der Waals surface area contributed by atoms with Crippen molar-refractivity contribution in [2.24, 2.45) is 5.73 Å². The average molecular weight is 474 g/mol. The molecule has 0 spiro atoms. The maximum atomic E-state index is 13.6. The number of nitrogens with zero attached hydrogens (tertiary/aromatic N) is 1. The summed E-state index contributed by atoms with van der Waals surface area (Å²) < 4.78 is 32.9. The van der Waals surface area contributed by atoms with Crippen LogP contribution in [0.3, 0.4) is 0 Å². The molecule has 0 fully saturated rings. The van der Waals surface area contributed by atoms with E-state index in [1.807, 2.05) is 12.1 Å². The molecule has 2 atom stereocenters. The molecule has 0 radical (unpaired) electrons. The molecule has 1 aromatic heterocycles. The zero-order valence-electron chi connectivity index (χ0n) is 18.2. The van der Waals surface area contributed by atoms with Crippen LogP contribution in [0.2, 0.25) is 5.15 Å². The van der Waals surface area contributed by atoms with Gasteiger partial charge in [0.15, 0.2) is 0 Å². The van der Waals surface area contributed by atoms with Crippen LogP contribution in [0.15, 0.2) is 60.8 Å².